The molecule has 0 atom stereocenters. The monoisotopic (exact) mass is 228 g/mol. The second-order valence-corrected chi connectivity index (χ2v) is 4.04. The van der Waals surface area contributed by atoms with Crippen LogP contribution in [0.4, 0.5) is 8.78 Å². The smallest absolute Gasteiger partial charge is 0.315 e. The van der Waals surface area contributed by atoms with Crippen LogP contribution in [0, 0.1) is 0 Å². The molecule has 0 N–H and O–H groups in total. The lowest BCUT2D eigenvalue weighted by atomic mass is 9.84. The van der Waals surface area contributed by atoms with E-state index in [0.29, 0.717) is 5.56 Å². The molecular formula is C12H14F2O2. The molecule has 1 rings (SSSR count). The van der Waals surface area contributed by atoms with Gasteiger partial charge in [0.15, 0.2) is 0 Å². The van der Waals surface area contributed by atoms with E-state index in [2.05, 4.69) is 4.74 Å². The van der Waals surface area contributed by atoms with Crippen molar-refractivity contribution in [3.8, 4) is 0 Å². The summed E-state index contributed by atoms with van der Waals surface area (Å²) in [4.78, 5) is 11.5. The van der Waals surface area contributed by atoms with Crippen molar-refractivity contribution in [1.29, 1.82) is 0 Å². The minimum absolute atomic E-state index is 0.0884. The zero-order chi connectivity index (χ0) is 12.3. The number of methoxy groups -OCH3 is 1. The summed E-state index contributed by atoms with van der Waals surface area (Å²) in [6.45, 7) is 3.28. The standard InChI is InChI=1S/C12H14F2O2/c1-12(2,11(15)16-3)9-6-4-5-8(7-9)10(13)14/h4-7,10H,1-3H3. The summed E-state index contributed by atoms with van der Waals surface area (Å²) in [5.41, 5.74) is -0.480. The van der Waals surface area contributed by atoms with Gasteiger partial charge in [-0.3, -0.25) is 4.79 Å². The first kappa shape index (κ1) is 12.6. The van der Waals surface area contributed by atoms with Gasteiger partial charge < -0.3 is 4.74 Å². The summed E-state index contributed by atoms with van der Waals surface area (Å²) in [6.07, 6.45) is -2.53. The van der Waals surface area contributed by atoms with Gasteiger partial charge in [0.2, 0.25) is 0 Å². The maximum Gasteiger partial charge on any atom is 0.315 e. The van der Waals surface area contributed by atoms with Gasteiger partial charge in [-0.15, -0.1) is 0 Å². The number of rotatable bonds is 3. The van der Waals surface area contributed by atoms with Crippen LogP contribution in [0.1, 0.15) is 31.4 Å². The van der Waals surface area contributed by atoms with Gasteiger partial charge in [0.25, 0.3) is 6.43 Å². The van der Waals surface area contributed by atoms with Crippen LogP contribution in [0.25, 0.3) is 0 Å². The molecule has 0 radical (unpaired) electrons. The van der Waals surface area contributed by atoms with Crippen molar-refractivity contribution >= 4 is 5.97 Å². The van der Waals surface area contributed by atoms with E-state index in [-0.39, 0.29) is 5.56 Å². The molecule has 0 heterocycles. The number of ether oxygens (including phenoxy) is 1. The molecule has 0 aliphatic rings. The van der Waals surface area contributed by atoms with Gasteiger partial charge >= 0.3 is 5.97 Å². The fourth-order valence-electron chi connectivity index (χ4n) is 1.44. The van der Waals surface area contributed by atoms with Gasteiger partial charge in [0.1, 0.15) is 0 Å². The third-order valence-corrected chi connectivity index (χ3v) is 2.56. The van der Waals surface area contributed by atoms with Crippen LogP contribution in [-0.2, 0) is 14.9 Å². The number of alkyl halides is 2. The molecule has 0 amide bonds. The summed E-state index contributed by atoms with van der Waals surface area (Å²) >= 11 is 0. The molecule has 0 aromatic heterocycles. The van der Waals surface area contributed by atoms with Crippen LogP contribution in [0.2, 0.25) is 0 Å². The lowest BCUT2D eigenvalue weighted by molar-refractivity contribution is -0.146. The molecule has 0 unspecified atom stereocenters. The van der Waals surface area contributed by atoms with E-state index in [1.165, 1.54) is 25.3 Å². The quantitative estimate of drug-likeness (QED) is 0.743. The van der Waals surface area contributed by atoms with Gasteiger partial charge in [0, 0.05) is 5.56 Å². The molecule has 0 fully saturated rings. The largest absolute Gasteiger partial charge is 0.468 e. The van der Waals surface area contributed by atoms with Crippen molar-refractivity contribution in [2.75, 3.05) is 7.11 Å². The van der Waals surface area contributed by atoms with Crippen molar-refractivity contribution in [3.63, 3.8) is 0 Å². The van der Waals surface area contributed by atoms with Gasteiger partial charge in [-0.25, -0.2) is 8.78 Å². The first-order valence-electron chi connectivity index (χ1n) is 4.86. The molecule has 4 heteroatoms. The third kappa shape index (κ3) is 2.38. The SMILES string of the molecule is COC(=O)C(C)(C)c1cccc(C(F)F)c1. The number of hydrogen-bond donors (Lipinski definition) is 0. The molecule has 0 spiro atoms. The van der Waals surface area contributed by atoms with Crippen molar-refractivity contribution in [2.24, 2.45) is 0 Å². The van der Waals surface area contributed by atoms with E-state index < -0.39 is 17.8 Å². The van der Waals surface area contributed by atoms with Crippen molar-refractivity contribution < 1.29 is 18.3 Å². The Kier molecular flexibility index (Phi) is 3.62. The molecule has 0 aliphatic carbocycles. The Bertz CT molecular complexity index is 386. The summed E-state index contributed by atoms with van der Waals surface area (Å²) in [5, 5.41) is 0. The minimum atomic E-state index is -2.53. The van der Waals surface area contributed by atoms with Crippen LogP contribution in [0.5, 0.6) is 0 Å². The van der Waals surface area contributed by atoms with Gasteiger partial charge in [-0.05, 0) is 25.5 Å². The average molecular weight is 228 g/mol. The molecule has 1 aromatic rings. The van der Waals surface area contributed by atoms with Crippen LogP contribution >= 0.6 is 0 Å². The van der Waals surface area contributed by atoms with Crippen molar-refractivity contribution in [2.45, 2.75) is 25.7 Å². The molecule has 0 aliphatic heterocycles. The maximum atomic E-state index is 12.5. The maximum absolute atomic E-state index is 12.5. The second kappa shape index (κ2) is 4.60. The molecule has 16 heavy (non-hydrogen) atoms. The van der Waals surface area contributed by atoms with Crippen LogP contribution in [-0.4, -0.2) is 13.1 Å². The Labute approximate surface area is 93.2 Å². The van der Waals surface area contributed by atoms with Gasteiger partial charge in [-0.2, -0.15) is 0 Å². The van der Waals surface area contributed by atoms with Crippen LogP contribution < -0.4 is 0 Å². The molecule has 0 saturated heterocycles. The highest BCUT2D eigenvalue weighted by atomic mass is 19.3. The highest BCUT2D eigenvalue weighted by Crippen LogP contribution is 2.28. The Morgan fingerprint density at radius 1 is 1.38 bits per heavy atom. The molecule has 0 bridgehead atoms. The van der Waals surface area contributed by atoms with E-state index >= 15 is 0 Å². The Morgan fingerprint density at radius 2 is 2.00 bits per heavy atom. The van der Waals surface area contributed by atoms with Crippen molar-refractivity contribution in [1.82, 2.24) is 0 Å². The number of hydrogen-bond acceptors (Lipinski definition) is 2. The molecule has 88 valence electrons. The first-order chi connectivity index (χ1) is 7.39. The molecule has 1 aromatic carbocycles. The average Bonchev–Trinajstić information content (AvgIpc) is 2.28. The predicted molar refractivity (Wildman–Crippen MR) is 56.4 cm³/mol. The predicted octanol–water partition coefficient (Wildman–Crippen LogP) is 3.07. The molecular weight excluding hydrogens is 214 g/mol. The van der Waals surface area contributed by atoms with Crippen LogP contribution in [0.15, 0.2) is 24.3 Å². The number of halogens is 2. The number of carbonyl (C=O) groups is 1. The summed E-state index contributed by atoms with van der Waals surface area (Å²) in [7, 11) is 1.28. The summed E-state index contributed by atoms with van der Waals surface area (Å²) in [5.74, 6) is -0.445. The number of benzene rings is 1. The van der Waals surface area contributed by atoms with Gasteiger partial charge in [0.05, 0.1) is 12.5 Å². The Hall–Kier alpha value is -1.45. The fraction of sp³-hybridized carbons (Fsp3) is 0.417. The van der Waals surface area contributed by atoms with E-state index in [0.717, 1.165) is 0 Å². The van der Waals surface area contributed by atoms with Crippen molar-refractivity contribution in [3.05, 3.63) is 35.4 Å². The van der Waals surface area contributed by atoms with Gasteiger partial charge in [-0.1, -0.05) is 18.2 Å². The second-order valence-electron chi connectivity index (χ2n) is 4.04. The van der Waals surface area contributed by atoms with E-state index in [1.807, 2.05) is 0 Å². The molecule has 2 nitrogen and oxygen atoms in total. The zero-order valence-corrected chi connectivity index (χ0v) is 9.46. The Balaban J connectivity index is 3.13. The topological polar surface area (TPSA) is 26.3 Å². The summed E-state index contributed by atoms with van der Waals surface area (Å²) in [6, 6.07) is 5.83. The molecule has 0 saturated carbocycles. The third-order valence-electron chi connectivity index (χ3n) is 2.56. The Morgan fingerprint density at radius 3 is 2.50 bits per heavy atom. The van der Waals surface area contributed by atoms with E-state index in [1.54, 1.807) is 19.9 Å². The van der Waals surface area contributed by atoms with E-state index in [4.69, 9.17) is 0 Å². The fourth-order valence-corrected chi connectivity index (χ4v) is 1.44. The van der Waals surface area contributed by atoms with Crippen LogP contribution in [0.3, 0.4) is 0 Å². The zero-order valence-electron chi connectivity index (χ0n) is 9.46. The highest BCUT2D eigenvalue weighted by Gasteiger charge is 2.31. The lowest BCUT2D eigenvalue weighted by Gasteiger charge is -2.22. The minimum Gasteiger partial charge on any atom is -0.468 e. The summed E-state index contributed by atoms with van der Waals surface area (Å²) < 4.78 is 29.6. The lowest BCUT2D eigenvalue weighted by Crippen LogP contribution is -2.30. The van der Waals surface area contributed by atoms with E-state index in [9.17, 15) is 13.6 Å². The number of carbonyl (C=O) groups excluding carboxylic acids is 1. The first-order valence-corrected chi connectivity index (χ1v) is 4.86. The highest BCUT2D eigenvalue weighted by molar-refractivity contribution is 5.82. The number of esters is 1. The normalized spacial score (nSPS) is 11.6.